The van der Waals surface area contributed by atoms with Crippen molar-refractivity contribution in [2.45, 2.75) is 24.2 Å². The first-order valence-corrected chi connectivity index (χ1v) is 8.69. The van der Waals surface area contributed by atoms with Gasteiger partial charge >= 0.3 is 0 Å². The molecule has 0 heterocycles. The summed E-state index contributed by atoms with van der Waals surface area (Å²) in [5.74, 6) is -0.146. The van der Waals surface area contributed by atoms with Gasteiger partial charge in [-0.3, -0.25) is 9.59 Å². The van der Waals surface area contributed by atoms with Gasteiger partial charge < -0.3 is 10.2 Å². The zero-order valence-corrected chi connectivity index (χ0v) is 14.8. The molecular formula is C19H19N3O2S. The van der Waals surface area contributed by atoms with Crippen molar-refractivity contribution in [1.82, 2.24) is 0 Å². The van der Waals surface area contributed by atoms with Crippen LogP contribution in [-0.2, 0) is 9.59 Å². The van der Waals surface area contributed by atoms with Gasteiger partial charge in [-0.25, -0.2) is 0 Å². The molecule has 128 valence electrons. The average molecular weight is 353 g/mol. The SMILES string of the molecule is CN(C(=O)CCCC(=O)Nc1ccc(SC#N)cc1)c1ccccc1. The number of hydrogen-bond acceptors (Lipinski definition) is 4. The standard InChI is InChI=1S/C19H19N3O2S/c1-22(16-6-3-2-4-7-16)19(24)9-5-8-18(23)21-15-10-12-17(13-11-15)25-14-20/h2-4,6-7,10-13H,5,8-9H2,1H3,(H,21,23). The van der Waals surface area contributed by atoms with Gasteiger partial charge in [0.05, 0.1) is 0 Å². The van der Waals surface area contributed by atoms with E-state index in [-0.39, 0.29) is 18.2 Å². The van der Waals surface area contributed by atoms with E-state index in [1.165, 1.54) is 0 Å². The number of hydrogen-bond donors (Lipinski definition) is 1. The predicted molar refractivity (Wildman–Crippen MR) is 100 cm³/mol. The van der Waals surface area contributed by atoms with Gasteiger partial charge in [0.1, 0.15) is 5.40 Å². The van der Waals surface area contributed by atoms with Crippen LogP contribution in [0.5, 0.6) is 0 Å². The highest BCUT2D eigenvalue weighted by Crippen LogP contribution is 2.19. The van der Waals surface area contributed by atoms with E-state index >= 15 is 0 Å². The van der Waals surface area contributed by atoms with Crippen molar-refractivity contribution in [2.75, 3.05) is 17.3 Å². The molecule has 2 rings (SSSR count). The van der Waals surface area contributed by atoms with E-state index in [4.69, 9.17) is 5.26 Å². The Morgan fingerprint density at radius 2 is 1.76 bits per heavy atom. The summed E-state index contributed by atoms with van der Waals surface area (Å²) in [6.45, 7) is 0. The van der Waals surface area contributed by atoms with Crippen LogP contribution in [0.2, 0.25) is 0 Å². The molecule has 25 heavy (non-hydrogen) atoms. The third-order valence-corrected chi connectivity index (χ3v) is 4.21. The highest BCUT2D eigenvalue weighted by molar-refractivity contribution is 8.03. The molecule has 0 spiro atoms. The number of thioether (sulfide) groups is 1. The average Bonchev–Trinajstić information content (AvgIpc) is 2.63. The number of para-hydroxylation sites is 1. The summed E-state index contributed by atoms with van der Waals surface area (Å²) in [6, 6.07) is 16.5. The molecule has 0 atom stereocenters. The molecule has 5 nitrogen and oxygen atoms in total. The number of rotatable bonds is 7. The minimum Gasteiger partial charge on any atom is -0.326 e. The van der Waals surface area contributed by atoms with Crippen LogP contribution in [0.25, 0.3) is 0 Å². The van der Waals surface area contributed by atoms with Crippen LogP contribution >= 0.6 is 11.8 Å². The van der Waals surface area contributed by atoms with E-state index in [0.29, 0.717) is 18.5 Å². The molecular weight excluding hydrogens is 334 g/mol. The number of nitrogens with zero attached hydrogens (tertiary/aromatic N) is 2. The fraction of sp³-hybridized carbons (Fsp3) is 0.211. The van der Waals surface area contributed by atoms with Gasteiger partial charge in [0.25, 0.3) is 0 Å². The first-order valence-electron chi connectivity index (χ1n) is 7.87. The second-order valence-corrected chi connectivity index (χ2v) is 6.27. The summed E-state index contributed by atoms with van der Waals surface area (Å²) in [5.41, 5.74) is 1.52. The van der Waals surface area contributed by atoms with E-state index in [1.807, 2.05) is 35.7 Å². The lowest BCUT2D eigenvalue weighted by Crippen LogP contribution is -2.26. The smallest absolute Gasteiger partial charge is 0.226 e. The number of thiocyanates is 1. The Hall–Kier alpha value is -2.78. The number of nitriles is 1. The number of anilines is 2. The van der Waals surface area contributed by atoms with E-state index < -0.39 is 0 Å². The lowest BCUT2D eigenvalue weighted by molar-refractivity contribution is -0.118. The van der Waals surface area contributed by atoms with Crippen molar-refractivity contribution in [3.05, 3.63) is 54.6 Å². The third-order valence-electron chi connectivity index (χ3n) is 3.61. The van der Waals surface area contributed by atoms with Crippen molar-refractivity contribution >= 4 is 35.0 Å². The molecule has 2 aromatic rings. The Balaban J connectivity index is 1.74. The fourth-order valence-corrected chi connectivity index (χ4v) is 2.62. The summed E-state index contributed by atoms with van der Waals surface area (Å²) < 4.78 is 0. The summed E-state index contributed by atoms with van der Waals surface area (Å²) in [6.07, 6.45) is 1.09. The van der Waals surface area contributed by atoms with E-state index in [0.717, 1.165) is 22.3 Å². The van der Waals surface area contributed by atoms with Gasteiger partial charge in [-0.15, -0.1) is 0 Å². The third kappa shape index (κ3) is 5.98. The molecule has 0 aliphatic carbocycles. The van der Waals surface area contributed by atoms with Gasteiger partial charge in [0.15, 0.2) is 0 Å². The second kappa shape index (κ2) is 9.50. The lowest BCUT2D eigenvalue weighted by Gasteiger charge is -2.17. The van der Waals surface area contributed by atoms with Crippen LogP contribution < -0.4 is 10.2 Å². The van der Waals surface area contributed by atoms with Crippen LogP contribution in [0, 0.1) is 10.7 Å². The Morgan fingerprint density at radius 3 is 2.40 bits per heavy atom. The van der Waals surface area contributed by atoms with E-state index in [1.54, 1.807) is 36.2 Å². The van der Waals surface area contributed by atoms with Gasteiger partial charge in [-0.1, -0.05) is 18.2 Å². The maximum absolute atomic E-state index is 12.1. The summed E-state index contributed by atoms with van der Waals surface area (Å²) in [7, 11) is 1.73. The van der Waals surface area contributed by atoms with Crippen LogP contribution in [0.1, 0.15) is 19.3 Å². The van der Waals surface area contributed by atoms with E-state index in [9.17, 15) is 9.59 Å². The minimum atomic E-state index is -0.129. The number of amides is 2. The van der Waals surface area contributed by atoms with Crippen LogP contribution in [0.15, 0.2) is 59.5 Å². The monoisotopic (exact) mass is 353 g/mol. The first kappa shape index (κ1) is 18.6. The Labute approximate surface area is 151 Å². The van der Waals surface area contributed by atoms with Crippen molar-refractivity contribution in [3.8, 4) is 5.40 Å². The zero-order chi connectivity index (χ0) is 18.1. The molecule has 2 amide bonds. The Morgan fingerprint density at radius 1 is 1.08 bits per heavy atom. The Kier molecular flexibility index (Phi) is 7.05. The van der Waals surface area contributed by atoms with Crippen LogP contribution in [0.3, 0.4) is 0 Å². The van der Waals surface area contributed by atoms with Gasteiger partial charge in [0.2, 0.25) is 11.8 Å². The predicted octanol–water partition coefficient (Wildman–Crippen LogP) is 4.03. The maximum Gasteiger partial charge on any atom is 0.226 e. The largest absolute Gasteiger partial charge is 0.326 e. The number of carbonyl (C=O) groups is 2. The van der Waals surface area contributed by atoms with Gasteiger partial charge in [0, 0.05) is 36.2 Å². The summed E-state index contributed by atoms with van der Waals surface area (Å²) >= 11 is 1.07. The second-order valence-electron chi connectivity index (χ2n) is 5.41. The van der Waals surface area contributed by atoms with Crippen molar-refractivity contribution in [1.29, 1.82) is 5.26 Å². The molecule has 0 fully saturated rings. The minimum absolute atomic E-state index is 0.0168. The highest BCUT2D eigenvalue weighted by Gasteiger charge is 2.11. The number of benzene rings is 2. The van der Waals surface area contributed by atoms with Crippen molar-refractivity contribution in [2.24, 2.45) is 0 Å². The molecule has 0 bridgehead atoms. The molecule has 2 aromatic carbocycles. The molecule has 0 aliphatic heterocycles. The van der Waals surface area contributed by atoms with Gasteiger partial charge in [-0.05, 0) is 54.6 Å². The topological polar surface area (TPSA) is 73.2 Å². The Bertz CT molecular complexity index is 754. The number of carbonyl (C=O) groups excluding carboxylic acids is 2. The molecule has 0 aliphatic rings. The van der Waals surface area contributed by atoms with Crippen molar-refractivity contribution in [3.63, 3.8) is 0 Å². The molecule has 0 saturated carbocycles. The van der Waals surface area contributed by atoms with Crippen molar-refractivity contribution < 1.29 is 9.59 Å². The molecule has 0 saturated heterocycles. The molecule has 0 radical (unpaired) electrons. The highest BCUT2D eigenvalue weighted by atomic mass is 32.2. The quantitative estimate of drug-likeness (QED) is 0.602. The fourth-order valence-electron chi connectivity index (χ4n) is 2.25. The van der Waals surface area contributed by atoms with E-state index in [2.05, 4.69) is 5.32 Å². The molecule has 6 heteroatoms. The molecule has 1 N–H and O–H groups in total. The summed E-state index contributed by atoms with van der Waals surface area (Å²) in [4.78, 5) is 26.5. The first-order chi connectivity index (χ1) is 12.1. The zero-order valence-electron chi connectivity index (χ0n) is 13.9. The van der Waals surface area contributed by atoms with Crippen LogP contribution in [0.4, 0.5) is 11.4 Å². The lowest BCUT2D eigenvalue weighted by atomic mass is 10.2. The number of nitrogens with one attached hydrogen (secondary N) is 1. The van der Waals surface area contributed by atoms with Gasteiger partial charge in [-0.2, -0.15) is 5.26 Å². The summed E-state index contributed by atoms with van der Waals surface area (Å²) in [5, 5.41) is 13.4. The van der Waals surface area contributed by atoms with Crippen LogP contribution in [-0.4, -0.2) is 18.9 Å². The molecule has 0 unspecified atom stereocenters. The molecule has 0 aromatic heterocycles. The normalized spacial score (nSPS) is 9.92. The maximum atomic E-state index is 12.1.